The van der Waals surface area contributed by atoms with E-state index in [9.17, 15) is 4.79 Å². The van der Waals surface area contributed by atoms with Crippen molar-refractivity contribution in [3.8, 4) is 5.75 Å². The van der Waals surface area contributed by atoms with Crippen molar-refractivity contribution in [1.82, 2.24) is 0 Å². The average molecular weight is 311 g/mol. The van der Waals surface area contributed by atoms with Gasteiger partial charge in [-0.2, -0.15) is 0 Å². The van der Waals surface area contributed by atoms with Crippen LogP contribution in [0, 0.1) is 0 Å². The number of nitrogens with zero attached hydrogens (tertiary/aromatic N) is 1. The van der Waals surface area contributed by atoms with E-state index < -0.39 is 0 Å². The lowest BCUT2D eigenvalue weighted by atomic mass is 10.0. The Kier molecular flexibility index (Phi) is 4.63. The Morgan fingerprint density at radius 2 is 2.00 bits per heavy atom. The normalized spacial score (nSPS) is 16.0. The van der Waals surface area contributed by atoms with Crippen LogP contribution in [0.25, 0.3) is 0 Å². The molecule has 4 nitrogen and oxygen atoms in total. The molecule has 0 N–H and O–H groups in total. The lowest BCUT2D eigenvalue weighted by Crippen LogP contribution is -2.27. The van der Waals surface area contributed by atoms with Gasteiger partial charge in [0.15, 0.2) is 0 Å². The first-order valence-corrected chi connectivity index (χ1v) is 7.89. The Labute approximate surface area is 136 Å². The second kappa shape index (κ2) is 6.84. The van der Waals surface area contributed by atoms with Crippen molar-refractivity contribution in [3.63, 3.8) is 0 Å². The fourth-order valence-electron chi connectivity index (χ4n) is 2.46. The van der Waals surface area contributed by atoms with Gasteiger partial charge < -0.3 is 14.4 Å². The van der Waals surface area contributed by atoms with Crippen LogP contribution in [0.2, 0.25) is 0 Å². The third-order valence-electron chi connectivity index (χ3n) is 3.97. The average Bonchev–Trinajstić information content (AvgIpc) is 3.43. The highest BCUT2D eigenvalue weighted by Crippen LogP contribution is 2.23. The molecule has 0 aromatic heterocycles. The number of anilines is 1. The van der Waals surface area contributed by atoms with Gasteiger partial charge in [0.1, 0.15) is 18.5 Å². The van der Waals surface area contributed by atoms with E-state index in [0.717, 1.165) is 30.0 Å². The SMILES string of the molecule is CCc1cc(OCC2CO2)ccc1C(=O)N(C)c1ccccc1. The van der Waals surface area contributed by atoms with Crippen molar-refractivity contribution in [3.05, 3.63) is 59.7 Å². The monoisotopic (exact) mass is 311 g/mol. The maximum Gasteiger partial charge on any atom is 0.258 e. The van der Waals surface area contributed by atoms with Gasteiger partial charge in [0.05, 0.1) is 6.61 Å². The molecule has 1 atom stereocenters. The summed E-state index contributed by atoms with van der Waals surface area (Å²) in [5.74, 6) is 0.779. The highest BCUT2D eigenvalue weighted by atomic mass is 16.6. The Hall–Kier alpha value is -2.33. The molecule has 1 fully saturated rings. The number of epoxide rings is 1. The summed E-state index contributed by atoms with van der Waals surface area (Å²) in [5, 5.41) is 0. The van der Waals surface area contributed by atoms with Gasteiger partial charge in [-0.15, -0.1) is 0 Å². The Bertz CT molecular complexity index is 680. The van der Waals surface area contributed by atoms with Crippen molar-refractivity contribution in [2.75, 3.05) is 25.2 Å². The molecule has 0 radical (unpaired) electrons. The zero-order valence-electron chi connectivity index (χ0n) is 13.5. The zero-order valence-corrected chi connectivity index (χ0v) is 13.5. The number of amides is 1. The smallest absolute Gasteiger partial charge is 0.258 e. The van der Waals surface area contributed by atoms with Gasteiger partial charge in [-0.3, -0.25) is 4.79 Å². The molecule has 1 unspecified atom stereocenters. The molecule has 0 spiro atoms. The largest absolute Gasteiger partial charge is 0.491 e. The summed E-state index contributed by atoms with van der Waals surface area (Å²) in [6.45, 7) is 3.39. The van der Waals surface area contributed by atoms with Crippen LogP contribution in [0.3, 0.4) is 0 Å². The predicted molar refractivity (Wildman–Crippen MR) is 90.2 cm³/mol. The number of hydrogen-bond donors (Lipinski definition) is 0. The topological polar surface area (TPSA) is 42.1 Å². The fourth-order valence-corrected chi connectivity index (χ4v) is 2.46. The standard InChI is InChI=1S/C19H21NO3/c1-3-14-11-16(22-12-17-13-23-17)9-10-18(14)19(21)20(2)15-7-5-4-6-8-15/h4-11,17H,3,12-13H2,1-2H3. The van der Waals surface area contributed by atoms with E-state index >= 15 is 0 Å². The first-order valence-electron chi connectivity index (χ1n) is 7.89. The molecule has 23 heavy (non-hydrogen) atoms. The van der Waals surface area contributed by atoms with Crippen molar-refractivity contribution >= 4 is 11.6 Å². The van der Waals surface area contributed by atoms with Crippen molar-refractivity contribution in [1.29, 1.82) is 0 Å². The Balaban J connectivity index is 1.78. The number of rotatable bonds is 6. The first kappa shape index (κ1) is 15.6. The second-order valence-electron chi connectivity index (χ2n) is 5.64. The molecule has 0 aliphatic carbocycles. The lowest BCUT2D eigenvalue weighted by molar-refractivity contribution is 0.0992. The van der Waals surface area contributed by atoms with Gasteiger partial charge in [-0.05, 0) is 42.3 Å². The quantitative estimate of drug-likeness (QED) is 0.769. The van der Waals surface area contributed by atoms with Crippen LogP contribution in [0.4, 0.5) is 5.69 Å². The zero-order chi connectivity index (χ0) is 16.2. The summed E-state index contributed by atoms with van der Waals surface area (Å²) in [5.41, 5.74) is 2.59. The van der Waals surface area contributed by atoms with E-state index in [1.807, 2.05) is 55.5 Å². The van der Waals surface area contributed by atoms with Crippen LogP contribution in [0.15, 0.2) is 48.5 Å². The third-order valence-corrected chi connectivity index (χ3v) is 3.97. The van der Waals surface area contributed by atoms with E-state index in [2.05, 4.69) is 0 Å². The molecule has 1 amide bonds. The van der Waals surface area contributed by atoms with Crippen LogP contribution < -0.4 is 9.64 Å². The lowest BCUT2D eigenvalue weighted by Gasteiger charge is -2.19. The Morgan fingerprint density at radius 3 is 2.65 bits per heavy atom. The molecule has 1 heterocycles. The molecular formula is C19H21NO3. The third kappa shape index (κ3) is 3.71. The van der Waals surface area contributed by atoms with Gasteiger partial charge in [0.2, 0.25) is 0 Å². The maximum atomic E-state index is 12.8. The minimum Gasteiger partial charge on any atom is -0.491 e. The van der Waals surface area contributed by atoms with Gasteiger partial charge in [-0.1, -0.05) is 25.1 Å². The number of ether oxygens (including phenoxy) is 2. The second-order valence-corrected chi connectivity index (χ2v) is 5.64. The molecule has 1 aliphatic heterocycles. The molecule has 120 valence electrons. The number of para-hydroxylation sites is 1. The Morgan fingerprint density at radius 1 is 1.26 bits per heavy atom. The van der Waals surface area contributed by atoms with Crippen LogP contribution in [-0.4, -0.2) is 32.3 Å². The van der Waals surface area contributed by atoms with Crippen LogP contribution in [-0.2, 0) is 11.2 Å². The molecule has 1 saturated heterocycles. The summed E-state index contributed by atoms with van der Waals surface area (Å²) in [6.07, 6.45) is 1.01. The number of carbonyl (C=O) groups is 1. The molecule has 3 rings (SSSR count). The molecular weight excluding hydrogens is 290 g/mol. The molecule has 1 aliphatic rings. The number of carbonyl (C=O) groups excluding carboxylic acids is 1. The molecule has 0 bridgehead atoms. The van der Waals surface area contributed by atoms with E-state index in [-0.39, 0.29) is 12.0 Å². The van der Waals surface area contributed by atoms with Crippen molar-refractivity contribution in [2.24, 2.45) is 0 Å². The summed E-state index contributed by atoms with van der Waals surface area (Å²) < 4.78 is 10.8. The summed E-state index contributed by atoms with van der Waals surface area (Å²) in [6, 6.07) is 15.3. The highest BCUT2D eigenvalue weighted by molar-refractivity contribution is 6.06. The van der Waals surface area contributed by atoms with Crippen LogP contribution >= 0.6 is 0 Å². The summed E-state index contributed by atoms with van der Waals surface area (Å²) >= 11 is 0. The molecule has 4 heteroatoms. The first-order chi connectivity index (χ1) is 11.2. The number of hydrogen-bond acceptors (Lipinski definition) is 3. The van der Waals surface area contributed by atoms with Crippen LogP contribution in [0.1, 0.15) is 22.8 Å². The number of benzene rings is 2. The van der Waals surface area contributed by atoms with Crippen molar-refractivity contribution < 1.29 is 14.3 Å². The molecule has 2 aromatic rings. The van der Waals surface area contributed by atoms with Gasteiger partial charge in [0, 0.05) is 18.3 Å². The predicted octanol–water partition coefficient (Wildman–Crippen LogP) is 3.30. The molecule has 2 aromatic carbocycles. The highest BCUT2D eigenvalue weighted by Gasteiger charge is 2.23. The minimum atomic E-state index is -0.00914. The molecule has 0 saturated carbocycles. The van der Waals surface area contributed by atoms with Gasteiger partial charge in [0.25, 0.3) is 5.91 Å². The van der Waals surface area contributed by atoms with Gasteiger partial charge in [-0.25, -0.2) is 0 Å². The minimum absolute atomic E-state index is 0.00914. The van der Waals surface area contributed by atoms with E-state index in [1.165, 1.54) is 0 Å². The summed E-state index contributed by atoms with van der Waals surface area (Å²) in [4.78, 5) is 14.5. The maximum absolute atomic E-state index is 12.8. The fraction of sp³-hybridized carbons (Fsp3) is 0.316. The van der Waals surface area contributed by atoms with Crippen LogP contribution in [0.5, 0.6) is 5.75 Å². The van der Waals surface area contributed by atoms with E-state index in [1.54, 1.807) is 11.9 Å². The van der Waals surface area contributed by atoms with Gasteiger partial charge >= 0.3 is 0 Å². The number of aryl methyl sites for hydroxylation is 1. The van der Waals surface area contributed by atoms with E-state index in [4.69, 9.17) is 9.47 Å². The van der Waals surface area contributed by atoms with Crippen molar-refractivity contribution in [2.45, 2.75) is 19.4 Å². The summed E-state index contributed by atoms with van der Waals surface area (Å²) in [7, 11) is 1.80. The van der Waals surface area contributed by atoms with E-state index in [0.29, 0.717) is 12.2 Å².